The lowest BCUT2D eigenvalue weighted by molar-refractivity contribution is -0.0348. The summed E-state index contributed by atoms with van der Waals surface area (Å²) in [4.78, 5) is 31.3. The molecule has 1 amide bonds. The van der Waals surface area contributed by atoms with Crippen LogP contribution in [0.2, 0.25) is 0 Å². The Kier molecular flexibility index (Phi) is 6.54. The zero-order chi connectivity index (χ0) is 30.1. The van der Waals surface area contributed by atoms with Crippen molar-refractivity contribution in [1.82, 2.24) is 19.6 Å². The Morgan fingerprint density at radius 1 is 0.932 bits per heavy atom. The maximum atomic E-state index is 13.4. The van der Waals surface area contributed by atoms with E-state index in [2.05, 4.69) is 15.0 Å². The maximum absolute atomic E-state index is 13.4. The molecule has 4 bridgehead atoms. The van der Waals surface area contributed by atoms with Gasteiger partial charge in [0.2, 0.25) is 10.0 Å². The predicted molar refractivity (Wildman–Crippen MR) is 169 cm³/mol. The van der Waals surface area contributed by atoms with E-state index in [-0.39, 0.29) is 28.2 Å². The molecule has 0 spiro atoms. The van der Waals surface area contributed by atoms with E-state index in [0.29, 0.717) is 46.3 Å². The van der Waals surface area contributed by atoms with Gasteiger partial charge in [-0.15, -0.1) is 0 Å². The summed E-state index contributed by atoms with van der Waals surface area (Å²) >= 11 is 0. The number of amides is 1. The second-order valence-corrected chi connectivity index (χ2v) is 15.5. The van der Waals surface area contributed by atoms with E-state index in [1.165, 1.54) is 0 Å². The fraction of sp³-hybridized carbons (Fsp3) is 0.400. The van der Waals surface area contributed by atoms with Gasteiger partial charge in [-0.3, -0.25) is 9.59 Å². The maximum Gasteiger partial charge on any atom is 0.251 e. The van der Waals surface area contributed by atoms with E-state index in [0.717, 1.165) is 56.2 Å². The van der Waals surface area contributed by atoms with Gasteiger partial charge in [0, 0.05) is 47.2 Å². The molecule has 5 aliphatic rings. The van der Waals surface area contributed by atoms with E-state index in [1.807, 2.05) is 71.4 Å². The number of fused-ring (bicyclic) bond motifs is 1. The number of rotatable bonds is 8. The van der Waals surface area contributed by atoms with Crippen molar-refractivity contribution in [2.45, 2.75) is 68.2 Å². The number of benzene rings is 2. The molecule has 5 fully saturated rings. The third-order valence-corrected chi connectivity index (χ3v) is 12.4. The standard InChI is InChI=1S/C35H36N4O4S/c40-32-27(21-39(28-5-2-1-3-6-28)33-30(32)7-4-14-36-33)15-22-8-10-24(11-9-22)34(41)37-31-25-16-23-17-26(31)20-35(18-23,19-25)38-44(42,43)29-12-13-29/h1-11,14,21,23,25-26,29,31,38H,12-13,15-20H2,(H,37,41)/t23?,25-,26+,31?,35?. The van der Waals surface area contributed by atoms with Crippen molar-refractivity contribution in [2.24, 2.45) is 17.8 Å². The molecule has 2 aromatic carbocycles. The van der Waals surface area contributed by atoms with Crippen LogP contribution in [0.15, 0.2) is 83.9 Å². The number of hydrogen-bond donors (Lipinski definition) is 2. The lowest BCUT2D eigenvalue weighted by atomic mass is 9.51. The zero-order valence-electron chi connectivity index (χ0n) is 24.5. The number of nitrogens with zero attached hydrogens (tertiary/aromatic N) is 2. The molecule has 2 heterocycles. The van der Waals surface area contributed by atoms with Crippen molar-refractivity contribution in [1.29, 1.82) is 0 Å². The monoisotopic (exact) mass is 608 g/mol. The number of hydrogen-bond acceptors (Lipinski definition) is 5. The minimum Gasteiger partial charge on any atom is -0.349 e. The van der Waals surface area contributed by atoms with Crippen LogP contribution in [-0.4, -0.2) is 40.7 Å². The highest BCUT2D eigenvalue weighted by atomic mass is 32.2. The molecule has 8 nitrogen and oxygen atoms in total. The van der Waals surface area contributed by atoms with Gasteiger partial charge >= 0.3 is 0 Å². The predicted octanol–water partition coefficient (Wildman–Crippen LogP) is 4.74. The van der Waals surface area contributed by atoms with E-state index in [9.17, 15) is 18.0 Å². The molecule has 9 rings (SSSR count). The summed E-state index contributed by atoms with van der Waals surface area (Å²) in [5.74, 6) is 1.02. The third kappa shape index (κ3) is 4.96. The summed E-state index contributed by atoms with van der Waals surface area (Å²) in [6.07, 6.45) is 10.2. The fourth-order valence-electron chi connectivity index (χ4n) is 8.50. The van der Waals surface area contributed by atoms with Crippen molar-refractivity contribution >= 4 is 27.0 Å². The molecular weight excluding hydrogens is 572 g/mol. The highest BCUT2D eigenvalue weighted by Crippen LogP contribution is 2.56. The van der Waals surface area contributed by atoms with Crippen LogP contribution in [0.25, 0.3) is 16.7 Å². The zero-order valence-corrected chi connectivity index (χ0v) is 25.3. The van der Waals surface area contributed by atoms with Crippen LogP contribution in [0.5, 0.6) is 0 Å². The fourth-order valence-corrected chi connectivity index (χ4v) is 10.3. The first kappa shape index (κ1) is 27.7. The molecule has 0 saturated heterocycles. The van der Waals surface area contributed by atoms with E-state index >= 15 is 0 Å². The van der Waals surface area contributed by atoms with Crippen LogP contribution in [0.3, 0.4) is 0 Å². The average molecular weight is 609 g/mol. The van der Waals surface area contributed by atoms with E-state index in [1.54, 1.807) is 12.3 Å². The molecule has 3 unspecified atom stereocenters. The molecule has 226 valence electrons. The van der Waals surface area contributed by atoms with E-state index in [4.69, 9.17) is 0 Å². The van der Waals surface area contributed by atoms with Gasteiger partial charge in [0.05, 0.1) is 10.6 Å². The number of carbonyl (C=O) groups excluding carboxylic acids is 1. The van der Waals surface area contributed by atoms with Gasteiger partial charge < -0.3 is 9.88 Å². The van der Waals surface area contributed by atoms with Crippen LogP contribution < -0.4 is 15.5 Å². The number of carbonyl (C=O) groups is 1. The minimum atomic E-state index is -3.25. The van der Waals surface area contributed by atoms with Gasteiger partial charge in [-0.2, -0.15) is 0 Å². The number of para-hydroxylation sites is 1. The molecular formula is C35H36N4O4S. The summed E-state index contributed by atoms with van der Waals surface area (Å²) in [7, 11) is -3.25. The molecule has 0 radical (unpaired) electrons. The number of nitrogens with one attached hydrogen (secondary N) is 2. The van der Waals surface area contributed by atoms with Gasteiger partial charge in [-0.1, -0.05) is 30.3 Å². The molecule has 5 aliphatic carbocycles. The Morgan fingerprint density at radius 2 is 1.66 bits per heavy atom. The molecule has 2 N–H and O–H groups in total. The third-order valence-electron chi connectivity index (χ3n) is 10.4. The van der Waals surface area contributed by atoms with Gasteiger partial charge in [0.1, 0.15) is 5.65 Å². The van der Waals surface area contributed by atoms with Crippen LogP contribution >= 0.6 is 0 Å². The molecule has 4 aromatic rings. The van der Waals surface area contributed by atoms with Crippen molar-refractivity contribution < 1.29 is 13.2 Å². The summed E-state index contributed by atoms with van der Waals surface area (Å²) in [6.45, 7) is 0. The minimum absolute atomic E-state index is 0.0406. The number of pyridine rings is 2. The second-order valence-electron chi connectivity index (χ2n) is 13.5. The number of sulfonamides is 1. The largest absolute Gasteiger partial charge is 0.349 e. The van der Waals surface area contributed by atoms with Crippen LogP contribution in [-0.2, 0) is 16.4 Å². The molecule has 2 aromatic heterocycles. The highest BCUT2D eigenvalue weighted by Gasteiger charge is 2.57. The lowest BCUT2D eigenvalue weighted by Crippen LogP contribution is -2.66. The first-order valence-corrected chi connectivity index (χ1v) is 17.3. The van der Waals surface area contributed by atoms with Crippen LogP contribution in [0.1, 0.15) is 66.4 Å². The smallest absolute Gasteiger partial charge is 0.251 e. The molecule has 44 heavy (non-hydrogen) atoms. The first-order valence-electron chi connectivity index (χ1n) is 15.7. The SMILES string of the molecule is O=C(NC1[C@@H]2CC3C[C@H]1CC(NS(=O)(=O)C1CC1)(C3)C2)c1ccc(Cc2cn(-c3ccccc3)c3ncccc3c2=O)cc1. The van der Waals surface area contributed by atoms with E-state index < -0.39 is 10.0 Å². The van der Waals surface area contributed by atoms with Crippen molar-refractivity contribution in [3.63, 3.8) is 0 Å². The average Bonchev–Trinajstić information content (AvgIpc) is 3.87. The summed E-state index contributed by atoms with van der Waals surface area (Å²) in [5.41, 5.74) is 3.37. The lowest BCUT2D eigenvalue weighted by Gasteiger charge is -2.60. The summed E-state index contributed by atoms with van der Waals surface area (Å²) in [6, 6.07) is 21.1. The summed E-state index contributed by atoms with van der Waals surface area (Å²) < 4.78 is 30.8. The van der Waals surface area contributed by atoms with Crippen LogP contribution in [0.4, 0.5) is 0 Å². The molecule has 9 heteroatoms. The number of aromatic nitrogens is 2. The van der Waals surface area contributed by atoms with Gasteiger partial charge in [0.15, 0.2) is 5.43 Å². The normalized spacial score (nSPS) is 27.5. The Labute approximate surface area is 257 Å². The Bertz CT molecular complexity index is 1900. The quantitative estimate of drug-likeness (QED) is 0.301. The van der Waals surface area contributed by atoms with Gasteiger partial charge in [-0.05, 0) is 105 Å². The first-order chi connectivity index (χ1) is 21.3. The van der Waals surface area contributed by atoms with Gasteiger partial charge in [0.25, 0.3) is 5.91 Å². The highest BCUT2D eigenvalue weighted by molar-refractivity contribution is 7.90. The second kappa shape index (κ2) is 10.4. The van der Waals surface area contributed by atoms with Gasteiger partial charge in [-0.25, -0.2) is 18.1 Å². The molecule has 5 atom stereocenters. The Morgan fingerprint density at radius 3 is 2.36 bits per heavy atom. The van der Waals surface area contributed by atoms with Crippen molar-refractivity contribution in [2.75, 3.05) is 0 Å². The van der Waals surface area contributed by atoms with Crippen LogP contribution in [0, 0.1) is 17.8 Å². The van der Waals surface area contributed by atoms with Crippen molar-refractivity contribution in [3.05, 3.63) is 106 Å². The molecule has 0 aliphatic heterocycles. The van der Waals surface area contributed by atoms with Crippen molar-refractivity contribution in [3.8, 4) is 5.69 Å². The topological polar surface area (TPSA) is 110 Å². The summed E-state index contributed by atoms with van der Waals surface area (Å²) in [5, 5.41) is 3.70. The molecule has 5 saturated carbocycles. The Hall–Kier alpha value is -3.82. The Balaban J connectivity index is 0.984.